The lowest BCUT2D eigenvalue weighted by molar-refractivity contribution is 0.187. The van der Waals surface area contributed by atoms with E-state index in [0.717, 1.165) is 19.6 Å². The van der Waals surface area contributed by atoms with Gasteiger partial charge in [0.05, 0.1) is 0 Å². The van der Waals surface area contributed by atoms with Gasteiger partial charge in [0.15, 0.2) is 0 Å². The van der Waals surface area contributed by atoms with Crippen LogP contribution < -0.4 is 5.32 Å². The fraction of sp³-hybridized carbons (Fsp3) is 0.538. The Morgan fingerprint density at radius 2 is 2.20 bits per heavy atom. The molecule has 0 heterocycles. The molecule has 0 aliphatic heterocycles. The van der Waals surface area contributed by atoms with Crippen LogP contribution in [0.2, 0.25) is 0 Å². The molecular weight excluding hydrogens is 186 g/mol. The van der Waals surface area contributed by atoms with E-state index in [4.69, 9.17) is 4.74 Å². The molecule has 0 bridgehead atoms. The summed E-state index contributed by atoms with van der Waals surface area (Å²) in [5.41, 5.74) is 2.73. The van der Waals surface area contributed by atoms with Crippen molar-refractivity contribution >= 4 is 0 Å². The molecule has 2 heteroatoms. The van der Waals surface area contributed by atoms with Crippen molar-refractivity contribution in [1.29, 1.82) is 0 Å². The Morgan fingerprint density at radius 3 is 2.80 bits per heavy atom. The fourth-order valence-corrected chi connectivity index (χ4v) is 1.82. The molecule has 1 aromatic carbocycles. The van der Waals surface area contributed by atoms with E-state index >= 15 is 0 Å². The van der Waals surface area contributed by atoms with Crippen LogP contribution >= 0.6 is 0 Å². The van der Waals surface area contributed by atoms with Crippen molar-refractivity contribution in [3.8, 4) is 0 Å². The SMILES string of the molecule is CNCC(CCOC)c1cccc(C)c1. The van der Waals surface area contributed by atoms with Gasteiger partial charge in [-0.05, 0) is 31.9 Å². The normalized spacial score (nSPS) is 12.7. The van der Waals surface area contributed by atoms with Gasteiger partial charge in [-0.25, -0.2) is 0 Å². The zero-order valence-corrected chi connectivity index (χ0v) is 9.92. The van der Waals surface area contributed by atoms with Gasteiger partial charge < -0.3 is 10.1 Å². The van der Waals surface area contributed by atoms with Crippen molar-refractivity contribution in [3.63, 3.8) is 0 Å². The lowest BCUT2D eigenvalue weighted by atomic mass is 9.95. The molecule has 84 valence electrons. The molecule has 0 amide bonds. The second kappa shape index (κ2) is 6.59. The van der Waals surface area contributed by atoms with E-state index < -0.39 is 0 Å². The second-order valence-corrected chi connectivity index (χ2v) is 3.95. The first kappa shape index (κ1) is 12.2. The summed E-state index contributed by atoms with van der Waals surface area (Å²) in [6, 6.07) is 8.72. The van der Waals surface area contributed by atoms with Crippen LogP contribution in [-0.4, -0.2) is 27.3 Å². The predicted octanol–water partition coefficient (Wildman–Crippen LogP) is 2.33. The topological polar surface area (TPSA) is 21.3 Å². The van der Waals surface area contributed by atoms with Crippen molar-refractivity contribution < 1.29 is 4.74 Å². The highest BCUT2D eigenvalue weighted by molar-refractivity contribution is 5.25. The third kappa shape index (κ3) is 4.02. The van der Waals surface area contributed by atoms with Gasteiger partial charge in [-0.15, -0.1) is 0 Å². The van der Waals surface area contributed by atoms with Crippen molar-refractivity contribution in [2.24, 2.45) is 0 Å². The minimum atomic E-state index is 0.551. The summed E-state index contributed by atoms with van der Waals surface area (Å²) in [5.74, 6) is 0.551. The quantitative estimate of drug-likeness (QED) is 0.773. The van der Waals surface area contributed by atoms with Crippen LogP contribution in [0.25, 0.3) is 0 Å². The summed E-state index contributed by atoms with van der Waals surface area (Å²) >= 11 is 0. The minimum Gasteiger partial charge on any atom is -0.385 e. The van der Waals surface area contributed by atoms with Gasteiger partial charge in [-0.3, -0.25) is 0 Å². The van der Waals surface area contributed by atoms with Crippen molar-refractivity contribution in [3.05, 3.63) is 35.4 Å². The molecule has 1 rings (SSSR count). The number of hydrogen-bond donors (Lipinski definition) is 1. The molecule has 0 saturated heterocycles. The molecule has 0 aromatic heterocycles. The molecule has 2 nitrogen and oxygen atoms in total. The van der Waals surface area contributed by atoms with Crippen LogP contribution in [0.3, 0.4) is 0 Å². The summed E-state index contributed by atoms with van der Waals surface area (Å²) in [7, 11) is 3.75. The maximum absolute atomic E-state index is 5.14. The largest absolute Gasteiger partial charge is 0.385 e. The van der Waals surface area contributed by atoms with E-state index in [-0.39, 0.29) is 0 Å². The van der Waals surface area contributed by atoms with Gasteiger partial charge >= 0.3 is 0 Å². The Hall–Kier alpha value is -0.860. The van der Waals surface area contributed by atoms with Gasteiger partial charge in [0.25, 0.3) is 0 Å². The maximum Gasteiger partial charge on any atom is 0.0468 e. The summed E-state index contributed by atoms with van der Waals surface area (Å²) in [5, 5.41) is 3.24. The monoisotopic (exact) mass is 207 g/mol. The highest BCUT2D eigenvalue weighted by Gasteiger charge is 2.10. The van der Waals surface area contributed by atoms with Crippen LogP contribution in [0.5, 0.6) is 0 Å². The summed E-state index contributed by atoms with van der Waals surface area (Å²) in [4.78, 5) is 0. The van der Waals surface area contributed by atoms with Gasteiger partial charge in [0, 0.05) is 20.3 Å². The molecule has 1 unspecified atom stereocenters. The number of likely N-dealkylation sites (N-methyl/N-ethyl adjacent to an activating group) is 1. The first-order valence-corrected chi connectivity index (χ1v) is 5.48. The second-order valence-electron chi connectivity index (χ2n) is 3.95. The van der Waals surface area contributed by atoms with E-state index in [1.165, 1.54) is 11.1 Å². The first-order chi connectivity index (χ1) is 7.27. The number of hydrogen-bond acceptors (Lipinski definition) is 2. The predicted molar refractivity (Wildman–Crippen MR) is 64.3 cm³/mol. The van der Waals surface area contributed by atoms with Gasteiger partial charge in [0.2, 0.25) is 0 Å². The Labute approximate surface area is 92.6 Å². The molecule has 0 spiro atoms. The van der Waals surface area contributed by atoms with E-state index in [0.29, 0.717) is 5.92 Å². The molecule has 0 aliphatic rings. The standard InChI is InChI=1S/C13H21NO/c1-11-5-4-6-12(9-11)13(10-14-2)7-8-15-3/h4-6,9,13-14H,7-8,10H2,1-3H3. The van der Waals surface area contributed by atoms with Gasteiger partial charge in [-0.2, -0.15) is 0 Å². The Balaban J connectivity index is 2.69. The lowest BCUT2D eigenvalue weighted by Crippen LogP contribution is -2.18. The average molecular weight is 207 g/mol. The fourth-order valence-electron chi connectivity index (χ4n) is 1.82. The molecule has 0 fully saturated rings. The lowest BCUT2D eigenvalue weighted by Gasteiger charge is -2.17. The van der Waals surface area contributed by atoms with Crippen LogP contribution in [0.15, 0.2) is 24.3 Å². The highest BCUT2D eigenvalue weighted by Crippen LogP contribution is 2.19. The Bertz CT molecular complexity index is 286. The van der Waals surface area contributed by atoms with Gasteiger partial charge in [0.1, 0.15) is 0 Å². The van der Waals surface area contributed by atoms with Crippen molar-refractivity contribution in [1.82, 2.24) is 5.32 Å². The minimum absolute atomic E-state index is 0.551. The smallest absolute Gasteiger partial charge is 0.0468 e. The molecule has 15 heavy (non-hydrogen) atoms. The number of methoxy groups -OCH3 is 1. The summed E-state index contributed by atoms with van der Waals surface area (Å²) in [6.45, 7) is 3.96. The number of aryl methyl sites for hydroxylation is 1. The van der Waals surface area contributed by atoms with Crippen molar-refractivity contribution in [2.45, 2.75) is 19.3 Å². The third-order valence-electron chi connectivity index (χ3n) is 2.63. The van der Waals surface area contributed by atoms with Crippen LogP contribution in [0.1, 0.15) is 23.5 Å². The zero-order valence-electron chi connectivity index (χ0n) is 9.92. The summed E-state index contributed by atoms with van der Waals surface area (Å²) < 4.78 is 5.14. The maximum atomic E-state index is 5.14. The molecule has 1 N–H and O–H groups in total. The first-order valence-electron chi connectivity index (χ1n) is 5.48. The molecule has 1 aromatic rings. The van der Waals surface area contributed by atoms with E-state index in [9.17, 15) is 0 Å². The Kier molecular flexibility index (Phi) is 5.37. The summed E-state index contributed by atoms with van der Waals surface area (Å²) in [6.07, 6.45) is 1.07. The number of rotatable bonds is 6. The average Bonchev–Trinajstić information content (AvgIpc) is 2.24. The third-order valence-corrected chi connectivity index (χ3v) is 2.63. The van der Waals surface area contributed by atoms with Crippen LogP contribution in [0.4, 0.5) is 0 Å². The van der Waals surface area contributed by atoms with Crippen molar-refractivity contribution in [2.75, 3.05) is 27.3 Å². The van der Waals surface area contributed by atoms with Crippen LogP contribution in [-0.2, 0) is 4.74 Å². The van der Waals surface area contributed by atoms with E-state index in [2.05, 4.69) is 36.5 Å². The highest BCUT2D eigenvalue weighted by atomic mass is 16.5. The molecular formula is C13H21NO. The van der Waals surface area contributed by atoms with Crippen LogP contribution in [0, 0.1) is 6.92 Å². The number of benzene rings is 1. The molecule has 0 aliphatic carbocycles. The van der Waals surface area contributed by atoms with Gasteiger partial charge in [-0.1, -0.05) is 29.8 Å². The Morgan fingerprint density at radius 1 is 1.40 bits per heavy atom. The molecule has 0 saturated carbocycles. The molecule has 1 atom stereocenters. The number of nitrogens with one attached hydrogen (secondary N) is 1. The molecule has 0 radical (unpaired) electrons. The van der Waals surface area contributed by atoms with E-state index in [1.807, 2.05) is 7.05 Å². The number of ether oxygens (including phenoxy) is 1. The van der Waals surface area contributed by atoms with E-state index in [1.54, 1.807) is 7.11 Å². The zero-order chi connectivity index (χ0) is 11.1.